The third-order valence-corrected chi connectivity index (χ3v) is 3.91. The van der Waals surface area contributed by atoms with Crippen LogP contribution < -0.4 is 10.5 Å². The van der Waals surface area contributed by atoms with E-state index in [4.69, 9.17) is 10.5 Å². The Hall–Kier alpha value is -1.39. The second-order valence-electron chi connectivity index (χ2n) is 4.38. The van der Waals surface area contributed by atoms with Crippen molar-refractivity contribution < 1.29 is 9.13 Å². The molecule has 100 valence electrons. The highest BCUT2D eigenvalue weighted by atomic mass is 79.9. The van der Waals surface area contributed by atoms with Crippen molar-refractivity contribution in [2.45, 2.75) is 13.0 Å². The molecule has 0 aliphatic rings. The van der Waals surface area contributed by atoms with Crippen molar-refractivity contribution in [3.63, 3.8) is 0 Å². The number of ether oxygens (including phenoxy) is 1. The van der Waals surface area contributed by atoms with Gasteiger partial charge in [-0.25, -0.2) is 4.39 Å². The topological polar surface area (TPSA) is 35.2 Å². The van der Waals surface area contributed by atoms with Gasteiger partial charge < -0.3 is 10.5 Å². The number of halogens is 2. The fourth-order valence-electron chi connectivity index (χ4n) is 1.97. The van der Waals surface area contributed by atoms with E-state index in [1.807, 2.05) is 19.1 Å². The predicted molar refractivity (Wildman–Crippen MR) is 77.9 cm³/mol. The molecule has 19 heavy (non-hydrogen) atoms. The van der Waals surface area contributed by atoms with Crippen LogP contribution in [0.4, 0.5) is 4.39 Å². The van der Waals surface area contributed by atoms with Crippen LogP contribution in [-0.4, -0.2) is 7.11 Å². The summed E-state index contributed by atoms with van der Waals surface area (Å²) < 4.78 is 19.6. The Morgan fingerprint density at radius 2 is 2.00 bits per heavy atom. The van der Waals surface area contributed by atoms with Crippen molar-refractivity contribution in [2.75, 3.05) is 7.11 Å². The molecule has 0 saturated heterocycles. The van der Waals surface area contributed by atoms with Crippen molar-refractivity contribution in [1.29, 1.82) is 0 Å². The van der Waals surface area contributed by atoms with Gasteiger partial charge in [0.1, 0.15) is 11.6 Å². The van der Waals surface area contributed by atoms with Gasteiger partial charge in [-0.05, 0) is 42.3 Å². The lowest BCUT2D eigenvalue weighted by Gasteiger charge is -2.17. The Balaban J connectivity index is 2.49. The van der Waals surface area contributed by atoms with Gasteiger partial charge in [0, 0.05) is 10.0 Å². The molecule has 0 radical (unpaired) electrons. The summed E-state index contributed by atoms with van der Waals surface area (Å²) in [4.78, 5) is 0. The molecular formula is C15H15BrFNO. The lowest BCUT2D eigenvalue weighted by molar-refractivity contribution is 0.407. The summed E-state index contributed by atoms with van der Waals surface area (Å²) in [5, 5.41) is 0. The Bertz CT molecular complexity index is 601. The molecule has 0 bridgehead atoms. The maximum Gasteiger partial charge on any atom is 0.124 e. The van der Waals surface area contributed by atoms with Crippen LogP contribution in [0.3, 0.4) is 0 Å². The molecule has 2 nitrogen and oxygen atoms in total. The first-order chi connectivity index (χ1) is 9.02. The van der Waals surface area contributed by atoms with Crippen LogP contribution >= 0.6 is 15.9 Å². The van der Waals surface area contributed by atoms with Crippen molar-refractivity contribution in [2.24, 2.45) is 5.73 Å². The first kappa shape index (κ1) is 14.0. The number of aryl methyl sites for hydroxylation is 1. The van der Waals surface area contributed by atoms with E-state index in [-0.39, 0.29) is 5.82 Å². The molecule has 0 amide bonds. The highest BCUT2D eigenvalue weighted by molar-refractivity contribution is 9.10. The van der Waals surface area contributed by atoms with Gasteiger partial charge in [0.25, 0.3) is 0 Å². The average Bonchev–Trinajstić information content (AvgIpc) is 2.40. The van der Waals surface area contributed by atoms with Crippen LogP contribution in [0.5, 0.6) is 5.75 Å². The number of nitrogens with two attached hydrogens (primary N) is 1. The normalized spacial score (nSPS) is 12.3. The van der Waals surface area contributed by atoms with Crippen molar-refractivity contribution in [3.05, 3.63) is 63.4 Å². The minimum absolute atomic E-state index is 0.293. The van der Waals surface area contributed by atoms with Crippen LogP contribution in [0, 0.1) is 12.7 Å². The summed E-state index contributed by atoms with van der Waals surface area (Å²) in [6.45, 7) is 1.98. The fraction of sp³-hybridized carbons (Fsp3) is 0.200. The number of benzene rings is 2. The van der Waals surface area contributed by atoms with Crippen LogP contribution in [0.25, 0.3) is 0 Å². The maximum atomic E-state index is 13.3. The van der Waals surface area contributed by atoms with Crippen LogP contribution in [0.1, 0.15) is 22.7 Å². The Morgan fingerprint density at radius 3 is 2.63 bits per heavy atom. The molecule has 2 aromatic carbocycles. The Labute approximate surface area is 120 Å². The SMILES string of the molecule is COc1cc(C)c(Br)cc1C(N)c1cccc(F)c1. The lowest BCUT2D eigenvalue weighted by atomic mass is 9.97. The van der Waals surface area contributed by atoms with Gasteiger partial charge in [0.2, 0.25) is 0 Å². The number of hydrogen-bond donors (Lipinski definition) is 1. The summed E-state index contributed by atoms with van der Waals surface area (Å²) in [6.07, 6.45) is 0. The van der Waals surface area contributed by atoms with Gasteiger partial charge in [0.05, 0.1) is 13.2 Å². The highest BCUT2D eigenvalue weighted by Crippen LogP contribution is 2.33. The number of rotatable bonds is 3. The molecule has 0 saturated carbocycles. The summed E-state index contributed by atoms with van der Waals surface area (Å²) in [7, 11) is 1.60. The molecule has 2 rings (SSSR count). The van der Waals surface area contributed by atoms with Gasteiger partial charge in [-0.15, -0.1) is 0 Å². The molecule has 2 aromatic rings. The van der Waals surface area contributed by atoms with Crippen LogP contribution in [0.15, 0.2) is 40.9 Å². The van der Waals surface area contributed by atoms with E-state index in [0.29, 0.717) is 11.3 Å². The molecule has 0 heterocycles. The fourth-order valence-corrected chi connectivity index (χ4v) is 2.33. The Kier molecular flexibility index (Phi) is 4.22. The second-order valence-corrected chi connectivity index (χ2v) is 5.23. The minimum atomic E-state index is -0.428. The van der Waals surface area contributed by atoms with Crippen LogP contribution in [-0.2, 0) is 0 Å². The first-order valence-electron chi connectivity index (χ1n) is 5.88. The van der Waals surface area contributed by atoms with E-state index in [1.165, 1.54) is 12.1 Å². The van der Waals surface area contributed by atoms with E-state index in [1.54, 1.807) is 19.2 Å². The zero-order valence-electron chi connectivity index (χ0n) is 10.8. The van der Waals surface area contributed by atoms with Crippen molar-refractivity contribution in [1.82, 2.24) is 0 Å². The highest BCUT2D eigenvalue weighted by Gasteiger charge is 2.16. The number of methoxy groups -OCH3 is 1. The van der Waals surface area contributed by atoms with Gasteiger partial charge in [0.15, 0.2) is 0 Å². The van der Waals surface area contributed by atoms with Crippen LogP contribution in [0.2, 0.25) is 0 Å². The third kappa shape index (κ3) is 2.96. The molecule has 1 atom stereocenters. The van der Waals surface area contributed by atoms with E-state index in [2.05, 4.69) is 15.9 Å². The standard InChI is InChI=1S/C15H15BrFNO/c1-9-6-14(19-2)12(8-13(9)16)15(18)10-4-3-5-11(17)7-10/h3-8,15H,18H2,1-2H3. The smallest absolute Gasteiger partial charge is 0.124 e. The van der Waals surface area contributed by atoms with Gasteiger partial charge in [-0.1, -0.05) is 28.1 Å². The monoisotopic (exact) mass is 323 g/mol. The lowest BCUT2D eigenvalue weighted by Crippen LogP contribution is -2.13. The summed E-state index contributed by atoms with van der Waals surface area (Å²) >= 11 is 3.48. The molecule has 2 N–H and O–H groups in total. The summed E-state index contributed by atoms with van der Waals surface area (Å²) in [5.74, 6) is 0.413. The maximum absolute atomic E-state index is 13.3. The molecule has 4 heteroatoms. The summed E-state index contributed by atoms with van der Waals surface area (Å²) in [6, 6.07) is 9.71. The quantitative estimate of drug-likeness (QED) is 0.928. The van der Waals surface area contributed by atoms with E-state index in [9.17, 15) is 4.39 Å². The molecule has 0 aliphatic heterocycles. The molecule has 0 fully saturated rings. The second kappa shape index (κ2) is 5.72. The van der Waals surface area contributed by atoms with Gasteiger partial charge in [-0.3, -0.25) is 0 Å². The van der Waals surface area contributed by atoms with Crippen molar-refractivity contribution >= 4 is 15.9 Å². The van der Waals surface area contributed by atoms with Crippen molar-refractivity contribution in [3.8, 4) is 5.75 Å². The predicted octanol–water partition coefficient (Wildman–Crippen LogP) is 3.95. The van der Waals surface area contributed by atoms with Gasteiger partial charge in [-0.2, -0.15) is 0 Å². The summed E-state index contributed by atoms with van der Waals surface area (Å²) in [5.41, 5.74) is 8.82. The zero-order valence-corrected chi connectivity index (χ0v) is 12.4. The molecule has 1 unspecified atom stereocenters. The largest absolute Gasteiger partial charge is 0.496 e. The average molecular weight is 324 g/mol. The zero-order chi connectivity index (χ0) is 14.0. The molecule has 0 spiro atoms. The first-order valence-corrected chi connectivity index (χ1v) is 6.67. The van der Waals surface area contributed by atoms with E-state index >= 15 is 0 Å². The molecule has 0 aromatic heterocycles. The molecule has 0 aliphatic carbocycles. The minimum Gasteiger partial charge on any atom is -0.496 e. The van der Waals surface area contributed by atoms with E-state index in [0.717, 1.165) is 15.6 Å². The Morgan fingerprint density at radius 1 is 1.26 bits per heavy atom. The van der Waals surface area contributed by atoms with E-state index < -0.39 is 6.04 Å². The number of hydrogen-bond acceptors (Lipinski definition) is 2. The molecular weight excluding hydrogens is 309 g/mol. The van der Waals surface area contributed by atoms with Gasteiger partial charge >= 0.3 is 0 Å². The third-order valence-electron chi connectivity index (χ3n) is 3.05.